The van der Waals surface area contributed by atoms with Crippen LogP contribution in [0.2, 0.25) is 0 Å². The van der Waals surface area contributed by atoms with E-state index in [1.165, 1.54) is 6.07 Å². The van der Waals surface area contributed by atoms with Gasteiger partial charge in [0.15, 0.2) is 0 Å². The molecule has 3 rings (SSSR count). The molecule has 1 saturated carbocycles. The number of hydrogen-bond donors (Lipinski definition) is 1. The van der Waals surface area contributed by atoms with Crippen LogP contribution >= 0.6 is 11.5 Å². The molecular formula is C13H12FN3OS. The maximum absolute atomic E-state index is 13.4. The Bertz CT molecular complexity index is 609. The van der Waals surface area contributed by atoms with E-state index < -0.39 is 0 Å². The average molecular weight is 277 g/mol. The van der Waals surface area contributed by atoms with Gasteiger partial charge in [-0.3, -0.25) is 4.79 Å². The molecule has 1 aromatic carbocycles. The van der Waals surface area contributed by atoms with Gasteiger partial charge in [0, 0.05) is 18.0 Å². The van der Waals surface area contributed by atoms with E-state index in [9.17, 15) is 9.18 Å². The van der Waals surface area contributed by atoms with Crippen molar-refractivity contribution in [2.45, 2.75) is 25.3 Å². The number of hydrogen-bond acceptors (Lipinski definition) is 4. The summed E-state index contributed by atoms with van der Waals surface area (Å²) in [5.41, 5.74) is 1.26. The van der Waals surface area contributed by atoms with Crippen LogP contribution in [-0.2, 0) is 6.54 Å². The standard InChI is InChI=1S/C13H12FN3OS/c14-10-4-2-1-3-9(10)7-15-13(18)12-11(8-5-6-8)16-17-19-12/h1-4,8H,5-7H2,(H,15,18). The van der Waals surface area contributed by atoms with Crippen molar-refractivity contribution in [3.8, 4) is 0 Å². The van der Waals surface area contributed by atoms with E-state index >= 15 is 0 Å². The maximum atomic E-state index is 13.4. The number of carbonyl (C=O) groups is 1. The maximum Gasteiger partial charge on any atom is 0.265 e. The molecule has 0 atom stereocenters. The lowest BCUT2D eigenvalue weighted by molar-refractivity contribution is 0.0953. The lowest BCUT2D eigenvalue weighted by atomic mass is 10.2. The molecule has 1 aliphatic rings. The molecule has 0 spiro atoms. The molecular weight excluding hydrogens is 265 g/mol. The van der Waals surface area contributed by atoms with Gasteiger partial charge in [0.05, 0.1) is 5.69 Å². The topological polar surface area (TPSA) is 54.9 Å². The van der Waals surface area contributed by atoms with Gasteiger partial charge < -0.3 is 5.32 Å². The molecule has 1 N–H and O–H groups in total. The van der Waals surface area contributed by atoms with Gasteiger partial charge in [-0.15, -0.1) is 5.10 Å². The Morgan fingerprint density at radius 3 is 2.95 bits per heavy atom. The van der Waals surface area contributed by atoms with Crippen molar-refractivity contribution in [2.75, 3.05) is 0 Å². The first kappa shape index (κ1) is 12.2. The van der Waals surface area contributed by atoms with Crippen molar-refractivity contribution in [3.05, 3.63) is 46.2 Å². The quantitative estimate of drug-likeness (QED) is 0.934. The smallest absolute Gasteiger partial charge is 0.265 e. The van der Waals surface area contributed by atoms with Crippen LogP contribution in [0.25, 0.3) is 0 Å². The summed E-state index contributed by atoms with van der Waals surface area (Å²) in [5, 5.41) is 6.72. The highest BCUT2D eigenvalue weighted by molar-refractivity contribution is 7.08. The summed E-state index contributed by atoms with van der Waals surface area (Å²) in [6, 6.07) is 6.40. The second kappa shape index (κ2) is 5.05. The fourth-order valence-corrected chi connectivity index (χ4v) is 2.54. The zero-order valence-electron chi connectivity index (χ0n) is 10.1. The van der Waals surface area contributed by atoms with Crippen LogP contribution in [0, 0.1) is 5.82 Å². The van der Waals surface area contributed by atoms with Gasteiger partial charge >= 0.3 is 0 Å². The summed E-state index contributed by atoms with van der Waals surface area (Å²) in [6.45, 7) is 0.174. The lowest BCUT2D eigenvalue weighted by Gasteiger charge is -2.05. The fraction of sp³-hybridized carbons (Fsp3) is 0.308. The molecule has 1 heterocycles. The van der Waals surface area contributed by atoms with Gasteiger partial charge in [0.1, 0.15) is 10.7 Å². The molecule has 4 nitrogen and oxygen atoms in total. The first-order valence-corrected chi connectivity index (χ1v) is 6.87. The Labute approximate surface area is 113 Å². The second-order valence-electron chi connectivity index (χ2n) is 4.54. The molecule has 0 unspecified atom stereocenters. The molecule has 6 heteroatoms. The number of aromatic nitrogens is 2. The van der Waals surface area contributed by atoms with Crippen LogP contribution in [-0.4, -0.2) is 15.5 Å². The summed E-state index contributed by atoms with van der Waals surface area (Å²) in [5.74, 6) is -0.152. The summed E-state index contributed by atoms with van der Waals surface area (Å²) >= 11 is 1.10. The number of rotatable bonds is 4. The van der Waals surface area contributed by atoms with Crippen molar-refractivity contribution in [1.82, 2.24) is 14.9 Å². The van der Waals surface area contributed by atoms with E-state index in [-0.39, 0.29) is 18.3 Å². The average Bonchev–Trinajstić information content (AvgIpc) is 3.15. The van der Waals surface area contributed by atoms with Crippen molar-refractivity contribution in [1.29, 1.82) is 0 Å². The van der Waals surface area contributed by atoms with Crippen molar-refractivity contribution in [3.63, 3.8) is 0 Å². The third-order valence-corrected chi connectivity index (χ3v) is 3.82. The van der Waals surface area contributed by atoms with Crippen LogP contribution in [0.4, 0.5) is 4.39 Å². The Kier molecular flexibility index (Phi) is 3.25. The minimum absolute atomic E-state index is 0.174. The highest BCUT2D eigenvalue weighted by Crippen LogP contribution is 2.41. The predicted octanol–water partition coefficient (Wildman–Crippen LogP) is 2.48. The normalized spacial score (nSPS) is 14.4. The van der Waals surface area contributed by atoms with Gasteiger partial charge in [-0.1, -0.05) is 22.7 Å². The minimum Gasteiger partial charge on any atom is -0.347 e. The highest BCUT2D eigenvalue weighted by Gasteiger charge is 2.31. The van der Waals surface area contributed by atoms with Crippen LogP contribution in [0.15, 0.2) is 24.3 Å². The number of benzene rings is 1. The SMILES string of the molecule is O=C(NCc1ccccc1F)c1snnc1C1CC1. The van der Waals surface area contributed by atoms with Crippen molar-refractivity contribution < 1.29 is 9.18 Å². The molecule has 0 bridgehead atoms. The molecule has 1 aliphatic carbocycles. The molecule has 1 fully saturated rings. The van der Waals surface area contributed by atoms with Crippen LogP contribution in [0.5, 0.6) is 0 Å². The molecule has 98 valence electrons. The van der Waals surface area contributed by atoms with Gasteiger partial charge in [-0.2, -0.15) is 0 Å². The predicted molar refractivity (Wildman–Crippen MR) is 69.5 cm³/mol. The number of nitrogens with zero attached hydrogens (tertiary/aromatic N) is 2. The summed E-state index contributed by atoms with van der Waals surface area (Å²) in [6.07, 6.45) is 2.14. The van der Waals surface area contributed by atoms with Gasteiger partial charge in [-0.05, 0) is 30.4 Å². The summed E-state index contributed by atoms with van der Waals surface area (Å²) in [4.78, 5) is 12.6. The molecule has 2 aromatic rings. The molecule has 1 amide bonds. The molecule has 19 heavy (non-hydrogen) atoms. The molecule has 0 radical (unpaired) electrons. The Hall–Kier alpha value is -1.82. The van der Waals surface area contributed by atoms with Gasteiger partial charge in [-0.25, -0.2) is 4.39 Å². The third kappa shape index (κ3) is 2.63. The number of amides is 1. The van der Waals surface area contributed by atoms with Crippen molar-refractivity contribution >= 4 is 17.4 Å². The van der Waals surface area contributed by atoms with E-state index in [1.54, 1.807) is 18.2 Å². The molecule has 1 aromatic heterocycles. The third-order valence-electron chi connectivity index (χ3n) is 3.08. The van der Waals surface area contributed by atoms with Crippen LogP contribution in [0.1, 0.15) is 39.7 Å². The number of halogens is 1. The van der Waals surface area contributed by atoms with E-state index in [0.717, 1.165) is 30.1 Å². The zero-order chi connectivity index (χ0) is 13.2. The van der Waals surface area contributed by atoms with Crippen molar-refractivity contribution in [2.24, 2.45) is 0 Å². The largest absolute Gasteiger partial charge is 0.347 e. The first-order valence-electron chi connectivity index (χ1n) is 6.09. The Morgan fingerprint density at radius 1 is 1.42 bits per heavy atom. The van der Waals surface area contributed by atoms with E-state index in [1.807, 2.05) is 0 Å². The first-order chi connectivity index (χ1) is 9.25. The molecule has 0 aliphatic heterocycles. The number of nitrogens with one attached hydrogen (secondary N) is 1. The summed E-state index contributed by atoms with van der Waals surface area (Å²) < 4.78 is 17.3. The monoisotopic (exact) mass is 277 g/mol. The van der Waals surface area contributed by atoms with Crippen LogP contribution in [0.3, 0.4) is 0 Å². The van der Waals surface area contributed by atoms with Crippen LogP contribution < -0.4 is 5.32 Å². The Morgan fingerprint density at radius 2 is 2.21 bits per heavy atom. The zero-order valence-corrected chi connectivity index (χ0v) is 10.9. The second-order valence-corrected chi connectivity index (χ2v) is 5.29. The molecule has 0 saturated heterocycles. The van der Waals surface area contributed by atoms with E-state index in [0.29, 0.717) is 16.4 Å². The van der Waals surface area contributed by atoms with E-state index in [4.69, 9.17) is 0 Å². The Balaban J connectivity index is 1.68. The number of carbonyl (C=O) groups excluding carboxylic acids is 1. The van der Waals surface area contributed by atoms with Gasteiger partial charge in [0.2, 0.25) is 0 Å². The minimum atomic E-state index is -0.312. The summed E-state index contributed by atoms with van der Waals surface area (Å²) in [7, 11) is 0. The fourth-order valence-electron chi connectivity index (χ4n) is 1.88. The van der Waals surface area contributed by atoms with E-state index in [2.05, 4.69) is 14.9 Å². The van der Waals surface area contributed by atoms with Gasteiger partial charge in [0.25, 0.3) is 5.91 Å². The highest BCUT2D eigenvalue weighted by atomic mass is 32.1. The lowest BCUT2D eigenvalue weighted by Crippen LogP contribution is -2.23.